The third-order valence-electron chi connectivity index (χ3n) is 3.11. The highest BCUT2D eigenvalue weighted by Gasteiger charge is 2.01. The van der Waals surface area contributed by atoms with Crippen molar-refractivity contribution < 1.29 is 4.74 Å². The molecule has 104 valence electrons. The molecule has 1 heterocycles. The minimum atomic E-state index is 0.475. The number of aromatic nitrogens is 1. The smallest absolute Gasteiger partial charge is 0.130 e. The van der Waals surface area contributed by atoms with Crippen molar-refractivity contribution >= 4 is 6.72 Å². The van der Waals surface area contributed by atoms with E-state index in [0.717, 1.165) is 17.0 Å². The van der Waals surface area contributed by atoms with Crippen LogP contribution in [-0.2, 0) is 13.2 Å². The molecule has 3 heteroatoms. The van der Waals surface area contributed by atoms with Gasteiger partial charge in [-0.2, -0.15) is 0 Å². The minimum absolute atomic E-state index is 0.475. The second-order valence-electron chi connectivity index (χ2n) is 5.05. The van der Waals surface area contributed by atoms with Gasteiger partial charge in [-0.05, 0) is 42.0 Å². The molecule has 2 aromatic rings. The zero-order valence-corrected chi connectivity index (χ0v) is 12.0. The maximum atomic E-state index is 5.73. The van der Waals surface area contributed by atoms with E-state index >= 15 is 0 Å². The Kier molecular flexibility index (Phi) is 4.88. The lowest BCUT2D eigenvalue weighted by molar-refractivity contribution is 0.301. The standard InChI is InChI=1S/C17H20N2O/c1-13(2)15-5-8-17(9-6-15)20-12-16-7-4-14(10-18-3)11-19-16/h4-9,11,13H,3,10,12H2,1-2H3. The highest BCUT2D eigenvalue weighted by atomic mass is 16.5. The fourth-order valence-corrected chi connectivity index (χ4v) is 1.87. The summed E-state index contributed by atoms with van der Waals surface area (Å²) in [4.78, 5) is 8.18. The van der Waals surface area contributed by atoms with E-state index in [1.54, 1.807) is 0 Å². The van der Waals surface area contributed by atoms with Crippen LogP contribution in [0.25, 0.3) is 0 Å². The molecule has 0 atom stereocenters. The van der Waals surface area contributed by atoms with Crippen LogP contribution < -0.4 is 4.74 Å². The highest BCUT2D eigenvalue weighted by molar-refractivity contribution is 5.29. The van der Waals surface area contributed by atoms with Crippen molar-refractivity contribution in [2.24, 2.45) is 4.99 Å². The Bertz CT molecular complexity index is 544. The van der Waals surface area contributed by atoms with Crippen LogP contribution in [0.4, 0.5) is 0 Å². The second-order valence-corrected chi connectivity index (χ2v) is 5.05. The van der Waals surface area contributed by atoms with Gasteiger partial charge in [0.25, 0.3) is 0 Å². The van der Waals surface area contributed by atoms with Crippen LogP contribution >= 0.6 is 0 Å². The van der Waals surface area contributed by atoms with Crippen LogP contribution in [0.5, 0.6) is 5.75 Å². The average Bonchev–Trinajstić information content (AvgIpc) is 2.47. The number of rotatable bonds is 6. The van der Waals surface area contributed by atoms with E-state index in [1.807, 2.05) is 30.5 Å². The lowest BCUT2D eigenvalue weighted by Gasteiger charge is -2.09. The van der Waals surface area contributed by atoms with Crippen LogP contribution in [-0.4, -0.2) is 11.7 Å². The number of benzene rings is 1. The van der Waals surface area contributed by atoms with E-state index in [1.165, 1.54) is 5.56 Å². The van der Waals surface area contributed by atoms with Crippen molar-refractivity contribution in [3.05, 3.63) is 59.4 Å². The predicted molar refractivity (Wildman–Crippen MR) is 82.4 cm³/mol. The lowest BCUT2D eigenvalue weighted by Crippen LogP contribution is -1.99. The van der Waals surface area contributed by atoms with Crippen molar-refractivity contribution in [2.75, 3.05) is 0 Å². The van der Waals surface area contributed by atoms with E-state index in [-0.39, 0.29) is 0 Å². The monoisotopic (exact) mass is 268 g/mol. The van der Waals surface area contributed by atoms with Gasteiger partial charge in [-0.1, -0.05) is 32.0 Å². The van der Waals surface area contributed by atoms with E-state index in [0.29, 0.717) is 19.1 Å². The molecule has 3 nitrogen and oxygen atoms in total. The molecule has 0 radical (unpaired) electrons. The van der Waals surface area contributed by atoms with Crippen molar-refractivity contribution in [1.82, 2.24) is 4.98 Å². The Balaban J connectivity index is 1.92. The third-order valence-corrected chi connectivity index (χ3v) is 3.11. The summed E-state index contributed by atoms with van der Waals surface area (Å²) in [6.07, 6.45) is 1.81. The molecular weight excluding hydrogens is 248 g/mol. The summed E-state index contributed by atoms with van der Waals surface area (Å²) in [7, 11) is 0. The van der Waals surface area contributed by atoms with Gasteiger partial charge in [0, 0.05) is 6.20 Å². The number of aliphatic imine (C=N–C) groups is 1. The third kappa shape index (κ3) is 3.92. The maximum Gasteiger partial charge on any atom is 0.130 e. The predicted octanol–water partition coefficient (Wildman–Crippen LogP) is 3.98. The molecule has 0 saturated heterocycles. The summed E-state index contributed by atoms with van der Waals surface area (Å²) in [5.74, 6) is 1.41. The molecule has 0 bridgehead atoms. The molecule has 0 aliphatic heterocycles. The molecule has 0 aliphatic carbocycles. The van der Waals surface area contributed by atoms with E-state index in [9.17, 15) is 0 Å². The Labute approximate surface area is 120 Å². The Morgan fingerprint density at radius 1 is 1.15 bits per heavy atom. The topological polar surface area (TPSA) is 34.5 Å². The first kappa shape index (κ1) is 14.3. The van der Waals surface area contributed by atoms with Crippen LogP contribution in [0.15, 0.2) is 47.6 Å². The van der Waals surface area contributed by atoms with Crippen LogP contribution in [0.3, 0.4) is 0 Å². The summed E-state index contributed by atoms with van der Waals surface area (Å²) in [5.41, 5.74) is 3.28. The number of nitrogens with zero attached hydrogens (tertiary/aromatic N) is 2. The summed E-state index contributed by atoms with van der Waals surface area (Å²) in [6.45, 7) is 8.91. The van der Waals surface area contributed by atoms with Crippen molar-refractivity contribution in [3.63, 3.8) is 0 Å². The van der Waals surface area contributed by atoms with Crippen molar-refractivity contribution in [2.45, 2.75) is 32.9 Å². The second kappa shape index (κ2) is 6.85. The molecule has 0 spiro atoms. The Hall–Kier alpha value is -2.16. The number of hydrogen-bond donors (Lipinski definition) is 0. The van der Waals surface area contributed by atoms with Gasteiger partial charge in [-0.25, -0.2) is 0 Å². The molecular formula is C17H20N2O. The normalized spacial score (nSPS) is 10.6. The van der Waals surface area contributed by atoms with Gasteiger partial charge < -0.3 is 4.74 Å². The van der Waals surface area contributed by atoms with Gasteiger partial charge in [0.15, 0.2) is 0 Å². The Morgan fingerprint density at radius 3 is 2.45 bits per heavy atom. The van der Waals surface area contributed by atoms with Crippen LogP contribution in [0.1, 0.15) is 36.6 Å². The maximum absolute atomic E-state index is 5.73. The first-order valence-corrected chi connectivity index (χ1v) is 6.78. The van der Waals surface area contributed by atoms with Crippen molar-refractivity contribution in [1.29, 1.82) is 0 Å². The van der Waals surface area contributed by atoms with Gasteiger partial charge in [0.2, 0.25) is 0 Å². The summed E-state index contributed by atoms with van der Waals surface area (Å²) in [6, 6.07) is 12.2. The first-order chi connectivity index (χ1) is 9.69. The SMILES string of the molecule is C=NCc1ccc(COc2ccc(C(C)C)cc2)nc1. The molecule has 0 amide bonds. The molecule has 20 heavy (non-hydrogen) atoms. The van der Waals surface area contributed by atoms with E-state index < -0.39 is 0 Å². The van der Waals surface area contributed by atoms with E-state index in [2.05, 4.69) is 42.7 Å². The summed E-state index contributed by atoms with van der Waals surface area (Å²) < 4.78 is 5.73. The summed E-state index contributed by atoms with van der Waals surface area (Å²) in [5, 5.41) is 0. The molecule has 0 saturated carbocycles. The zero-order valence-electron chi connectivity index (χ0n) is 12.0. The largest absolute Gasteiger partial charge is 0.487 e. The fraction of sp³-hybridized carbons (Fsp3) is 0.294. The molecule has 1 aromatic heterocycles. The average molecular weight is 268 g/mol. The quantitative estimate of drug-likeness (QED) is 0.742. The van der Waals surface area contributed by atoms with Gasteiger partial charge in [-0.3, -0.25) is 9.98 Å². The van der Waals surface area contributed by atoms with Gasteiger partial charge >= 0.3 is 0 Å². The van der Waals surface area contributed by atoms with Gasteiger partial charge in [0.1, 0.15) is 12.4 Å². The zero-order chi connectivity index (χ0) is 14.4. The molecule has 0 aliphatic rings. The van der Waals surface area contributed by atoms with E-state index in [4.69, 9.17) is 4.74 Å². The fourth-order valence-electron chi connectivity index (χ4n) is 1.87. The number of pyridine rings is 1. The summed E-state index contributed by atoms with van der Waals surface area (Å²) >= 11 is 0. The first-order valence-electron chi connectivity index (χ1n) is 6.78. The van der Waals surface area contributed by atoms with Crippen LogP contribution in [0.2, 0.25) is 0 Å². The molecule has 1 aromatic carbocycles. The number of ether oxygens (including phenoxy) is 1. The van der Waals surface area contributed by atoms with Gasteiger partial charge in [-0.15, -0.1) is 0 Å². The highest BCUT2D eigenvalue weighted by Crippen LogP contribution is 2.19. The molecule has 2 rings (SSSR count). The molecule has 0 unspecified atom stereocenters. The molecule has 0 fully saturated rings. The Morgan fingerprint density at radius 2 is 1.90 bits per heavy atom. The molecule has 0 N–H and O–H groups in total. The van der Waals surface area contributed by atoms with Gasteiger partial charge in [0.05, 0.1) is 12.2 Å². The van der Waals surface area contributed by atoms with Crippen molar-refractivity contribution in [3.8, 4) is 5.75 Å². The number of hydrogen-bond acceptors (Lipinski definition) is 3. The van der Waals surface area contributed by atoms with Crippen LogP contribution in [0, 0.1) is 0 Å². The minimum Gasteiger partial charge on any atom is -0.487 e. The lowest BCUT2D eigenvalue weighted by atomic mass is 10.0.